The van der Waals surface area contributed by atoms with Gasteiger partial charge in [-0.3, -0.25) is 9.59 Å². The first-order chi connectivity index (χ1) is 15.9. The Morgan fingerprint density at radius 1 is 1.03 bits per heavy atom. The van der Waals surface area contributed by atoms with Crippen LogP contribution in [0.3, 0.4) is 0 Å². The van der Waals surface area contributed by atoms with Crippen molar-refractivity contribution in [1.29, 1.82) is 0 Å². The normalized spacial score (nSPS) is 19.9. The second kappa shape index (κ2) is 10.1. The molecule has 2 amide bonds. The fourth-order valence-corrected chi connectivity index (χ4v) is 5.05. The Hall–Kier alpha value is -3.35. The van der Waals surface area contributed by atoms with Crippen LogP contribution in [0.25, 0.3) is 11.1 Å². The number of rotatable bonds is 8. The highest BCUT2D eigenvalue weighted by Crippen LogP contribution is 2.44. The lowest BCUT2D eigenvalue weighted by molar-refractivity contribution is -0.139. The van der Waals surface area contributed by atoms with Gasteiger partial charge in [-0.15, -0.1) is 0 Å². The van der Waals surface area contributed by atoms with E-state index in [1.165, 1.54) is 0 Å². The predicted octanol–water partition coefficient (Wildman–Crippen LogP) is 3.92. The van der Waals surface area contributed by atoms with Gasteiger partial charge in [-0.2, -0.15) is 0 Å². The SMILES string of the molecule is CC1CCCC1CNC(=O)C(CC(=O)O)NC(=O)OCC1c2ccccc2-c2ccccc21. The molecule has 0 radical (unpaired) electrons. The van der Waals surface area contributed by atoms with Crippen molar-refractivity contribution in [3.63, 3.8) is 0 Å². The molecule has 0 aliphatic heterocycles. The van der Waals surface area contributed by atoms with Gasteiger partial charge in [0.15, 0.2) is 0 Å². The zero-order chi connectivity index (χ0) is 23.4. The van der Waals surface area contributed by atoms with Crippen LogP contribution in [0, 0.1) is 11.8 Å². The number of benzene rings is 2. The Labute approximate surface area is 193 Å². The summed E-state index contributed by atoms with van der Waals surface area (Å²) in [5, 5.41) is 14.5. The summed E-state index contributed by atoms with van der Waals surface area (Å²) in [6.07, 6.45) is 2.02. The molecule has 4 rings (SSSR count). The number of carbonyl (C=O) groups excluding carboxylic acids is 2. The summed E-state index contributed by atoms with van der Waals surface area (Å²) >= 11 is 0. The number of alkyl carbamates (subject to hydrolysis) is 1. The van der Waals surface area contributed by atoms with E-state index in [0.29, 0.717) is 18.4 Å². The van der Waals surface area contributed by atoms with Gasteiger partial charge in [-0.1, -0.05) is 68.3 Å². The van der Waals surface area contributed by atoms with E-state index in [-0.39, 0.29) is 12.5 Å². The van der Waals surface area contributed by atoms with Crippen molar-refractivity contribution in [2.24, 2.45) is 11.8 Å². The fourth-order valence-electron chi connectivity index (χ4n) is 5.05. The highest BCUT2D eigenvalue weighted by molar-refractivity contribution is 5.89. The summed E-state index contributed by atoms with van der Waals surface area (Å²) < 4.78 is 5.47. The first-order valence-electron chi connectivity index (χ1n) is 11.5. The third kappa shape index (κ3) is 5.18. The number of carboxylic acid groups (broad SMARTS) is 1. The summed E-state index contributed by atoms with van der Waals surface area (Å²) in [6, 6.07) is 14.8. The fraction of sp³-hybridized carbons (Fsp3) is 0.423. The molecule has 33 heavy (non-hydrogen) atoms. The average molecular weight is 451 g/mol. The lowest BCUT2D eigenvalue weighted by Crippen LogP contribution is -2.49. The Morgan fingerprint density at radius 3 is 2.24 bits per heavy atom. The van der Waals surface area contributed by atoms with Crippen molar-refractivity contribution in [2.75, 3.05) is 13.2 Å². The van der Waals surface area contributed by atoms with Gasteiger partial charge in [-0.05, 0) is 40.5 Å². The number of carboxylic acids is 1. The summed E-state index contributed by atoms with van der Waals surface area (Å²) in [5.41, 5.74) is 4.40. The summed E-state index contributed by atoms with van der Waals surface area (Å²) in [5.74, 6) is -0.862. The van der Waals surface area contributed by atoms with E-state index in [0.717, 1.165) is 41.5 Å². The van der Waals surface area contributed by atoms with Crippen molar-refractivity contribution in [2.45, 2.75) is 44.6 Å². The average Bonchev–Trinajstić information content (AvgIpc) is 3.36. The number of ether oxygens (including phenoxy) is 1. The van der Waals surface area contributed by atoms with Crippen molar-refractivity contribution >= 4 is 18.0 Å². The molecule has 0 spiro atoms. The van der Waals surface area contributed by atoms with Crippen molar-refractivity contribution < 1.29 is 24.2 Å². The van der Waals surface area contributed by atoms with E-state index >= 15 is 0 Å². The van der Waals surface area contributed by atoms with Gasteiger partial charge in [0.05, 0.1) is 6.42 Å². The summed E-state index contributed by atoms with van der Waals surface area (Å²) in [6.45, 7) is 2.75. The highest BCUT2D eigenvalue weighted by atomic mass is 16.5. The second-order valence-electron chi connectivity index (χ2n) is 9.03. The van der Waals surface area contributed by atoms with Crippen LogP contribution in [0.2, 0.25) is 0 Å². The maximum atomic E-state index is 12.6. The summed E-state index contributed by atoms with van der Waals surface area (Å²) in [7, 11) is 0. The Kier molecular flexibility index (Phi) is 6.96. The second-order valence-corrected chi connectivity index (χ2v) is 9.03. The minimum absolute atomic E-state index is 0.0981. The number of hydrogen-bond acceptors (Lipinski definition) is 4. The molecule has 0 aromatic heterocycles. The molecular weight excluding hydrogens is 420 g/mol. The molecule has 3 atom stereocenters. The largest absolute Gasteiger partial charge is 0.481 e. The van der Waals surface area contributed by atoms with Gasteiger partial charge in [0.25, 0.3) is 0 Å². The molecule has 1 fully saturated rings. The van der Waals surface area contributed by atoms with Crippen LogP contribution < -0.4 is 10.6 Å². The molecule has 7 nitrogen and oxygen atoms in total. The minimum Gasteiger partial charge on any atom is -0.481 e. The lowest BCUT2D eigenvalue weighted by Gasteiger charge is -2.21. The molecule has 0 heterocycles. The Bertz CT molecular complexity index is 991. The summed E-state index contributed by atoms with van der Waals surface area (Å²) in [4.78, 5) is 36.4. The molecule has 1 saturated carbocycles. The molecule has 2 aliphatic rings. The molecular formula is C26H30N2O5. The number of carbonyl (C=O) groups is 3. The van der Waals surface area contributed by atoms with Gasteiger partial charge in [0.2, 0.25) is 5.91 Å². The maximum Gasteiger partial charge on any atom is 0.407 e. The molecule has 2 aromatic rings. The first-order valence-corrected chi connectivity index (χ1v) is 11.5. The van der Waals surface area contributed by atoms with E-state index in [4.69, 9.17) is 4.74 Å². The molecule has 0 saturated heterocycles. The van der Waals surface area contributed by atoms with Gasteiger partial charge < -0.3 is 20.5 Å². The maximum absolute atomic E-state index is 12.6. The third-order valence-corrected chi connectivity index (χ3v) is 6.91. The van der Waals surface area contributed by atoms with Crippen molar-refractivity contribution in [1.82, 2.24) is 10.6 Å². The smallest absolute Gasteiger partial charge is 0.407 e. The predicted molar refractivity (Wildman–Crippen MR) is 124 cm³/mol. The molecule has 3 unspecified atom stereocenters. The number of nitrogens with one attached hydrogen (secondary N) is 2. The van der Waals surface area contributed by atoms with E-state index in [2.05, 4.69) is 17.6 Å². The topological polar surface area (TPSA) is 105 Å². The monoisotopic (exact) mass is 450 g/mol. The molecule has 2 aromatic carbocycles. The standard InChI is InChI=1S/C26H30N2O5/c1-16-7-6-8-17(16)14-27-25(31)23(13-24(29)30)28-26(32)33-15-22-20-11-4-2-9-18(20)19-10-3-5-12-21(19)22/h2-5,9-12,16-17,22-23H,6-8,13-15H2,1H3,(H,27,31)(H,28,32)(H,29,30). The molecule has 3 N–H and O–H groups in total. The van der Waals surface area contributed by atoms with Crippen LogP contribution in [0.5, 0.6) is 0 Å². The zero-order valence-corrected chi connectivity index (χ0v) is 18.8. The van der Waals surface area contributed by atoms with Gasteiger partial charge in [-0.25, -0.2) is 4.79 Å². The van der Waals surface area contributed by atoms with E-state index < -0.39 is 30.4 Å². The molecule has 2 aliphatic carbocycles. The van der Waals surface area contributed by atoms with Crippen molar-refractivity contribution in [3.8, 4) is 11.1 Å². The Morgan fingerprint density at radius 2 is 1.67 bits per heavy atom. The van der Waals surface area contributed by atoms with Crippen LogP contribution in [0.4, 0.5) is 4.79 Å². The van der Waals surface area contributed by atoms with Crippen LogP contribution in [-0.4, -0.2) is 42.3 Å². The van der Waals surface area contributed by atoms with Gasteiger partial charge >= 0.3 is 12.1 Å². The van der Waals surface area contributed by atoms with Gasteiger partial charge in [0.1, 0.15) is 12.6 Å². The van der Waals surface area contributed by atoms with Gasteiger partial charge in [0, 0.05) is 12.5 Å². The van der Waals surface area contributed by atoms with Crippen LogP contribution in [0.1, 0.15) is 49.7 Å². The van der Waals surface area contributed by atoms with Crippen molar-refractivity contribution in [3.05, 3.63) is 59.7 Å². The lowest BCUT2D eigenvalue weighted by atomic mass is 9.98. The minimum atomic E-state index is -1.19. The number of hydrogen-bond donors (Lipinski definition) is 3. The highest BCUT2D eigenvalue weighted by Gasteiger charge is 2.31. The Balaban J connectivity index is 1.37. The number of amides is 2. The molecule has 174 valence electrons. The van der Waals surface area contributed by atoms with Crippen LogP contribution >= 0.6 is 0 Å². The quantitative estimate of drug-likeness (QED) is 0.565. The first kappa shape index (κ1) is 22.8. The van der Waals surface area contributed by atoms with Crippen LogP contribution in [-0.2, 0) is 14.3 Å². The zero-order valence-electron chi connectivity index (χ0n) is 18.8. The number of aliphatic carboxylic acids is 1. The van der Waals surface area contributed by atoms with Crippen LogP contribution in [0.15, 0.2) is 48.5 Å². The number of fused-ring (bicyclic) bond motifs is 3. The third-order valence-electron chi connectivity index (χ3n) is 6.91. The molecule has 7 heteroatoms. The van der Waals surface area contributed by atoms with E-state index in [1.54, 1.807) is 0 Å². The van der Waals surface area contributed by atoms with E-state index in [1.807, 2.05) is 48.5 Å². The van der Waals surface area contributed by atoms with E-state index in [9.17, 15) is 19.5 Å². The molecule has 0 bridgehead atoms.